The number of benzene rings is 3. The van der Waals surface area contributed by atoms with E-state index in [4.69, 9.17) is 4.74 Å². The minimum atomic E-state index is 0.0219. The Morgan fingerprint density at radius 2 is 1.79 bits per heavy atom. The molecule has 1 spiro atoms. The lowest BCUT2D eigenvalue weighted by atomic mass is 9.59. The van der Waals surface area contributed by atoms with Crippen LogP contribution >= 0.6 is 0 Å². The molecule has 1 atom stereocenters. The van der Waals surface area contributed by atoms with Gasteiger partial charge in [-0.1, -0.05) is 38.1 Å². The molecule has 2 saturated heterocycles. The van der Waals surface area contributed by atoms with Crippen LogP contribution in [0.2, 0.25) is 0 Å². The molecule has 1 saturated carbocycles. The molecule has 3 fully saturated rings. The summed E-state index contributed by atoms with van der Waals surface area (Å²) >= 11 is 0. The van der Waals surface area contributed by atoms with Crippen LogP contribution in [0.15, 0.2) is 72.9 Å². The third kappa shape index (κ3) is 5.02. The van der Waals surface area contributed by atoms with Crippen molar-refractivity contribution in [2.24, 2.45) is 5.41 Å². The Kier molecular flexibility index (Phi) is 7.09. The third-order valence-corrected chi connectivity index (χ3v) is 10.4. The molecule has 1 aliphatic carbocycles. The fraction of sp³-hybridized carbons (Fsp3) is 0.432. The van der Waals surface area contributed by atoms with Crippen molar-refractivity contribution in [3.8, 4) is 11.5 Å². The minimum Gasteiger partial charge on any atom is -0.457 e. The largest absolute Gasteiger partial charge is 0.457 e. The van der Waals surface area contributed by atoms with Crippen LogP contribution in [0.25, 0.3) is 10.9 Å². The SMILES string of the molecule is CC(=O)c1ccc(N2CCC3(CC2)CC(N2CCC[C@H]2c2ccccc2C(C)C)C3)cc1Oc1ccc2[nH]ccc2c1. The fourth-order valence-corrected chi connectivity index (χ4v) is 8.03. The summed E-state index contributed by atoms with van der Waals surface area (Å²) < 4.78 is 6.33. The van der Waals surface area contributed by atoms with Crippen LogP contribution in [0.1, 0.15) is 92.7 Å². The van der Waals surface area contributed by atoms with Gasteiger partial charge in [-0.05, 0) is 111 Å². The molecule has 1 aromatic heterocycles. The summed E-state index contributed by atoms with van der Waals surface area (Å²) in [6, 6.07) is 24.6. The van der Waals surface area contributed by atoms with Crippen molar-refractivity contribution in [2.45, 2.75) is 77.3 Å². The van der Waals surface area contributed by atoms with Crippen LogP contribution in [-0.2, 0) is 0 Å². The predicted molar refractivity (Wildman–Crippen MR) is 171 cm³/mol. The first-order valence-corrected chi connectivity index (χ1v) is 15.9. The Bertz CT molecular complexity index is 1590. The van der Waals surface area contributed by atoms with Crippen LogP contribution in [0.3, 0.4) is 0 Å². The molecule has 3 aromatic carbocycles. The zero-order valence-electron chi connectivity index (χ0n) is 25.2. The molecule has 7 rings (SSSR count). The van der Waals surface area contributed by atoms with E-state index in [0.29, 0.717) is 28.7 Å². The van der Waals surface area contributed by atoms with Crippen LogP contribution in [0, 0.1) is 5.41 Å². The Labute approximate surface area is 249 Å². The molecule has 0 amide bonds. The first-order valence-electron chi connectivity index (χ1n) is 15.9. The number of ether oxygens (including phenoxy) is 1. The minimum absolute atomic E-state index is 0.0219. The van der Waals surface area contributed by atoms with Gasteiger partial charge in [0.15, 0.2) is 5.78 Å². The third-order valence-electron chi connectivity index (χ3n) is 10.4. The number of fused-ring (bicyclic) bond motifs is 1. The summed E-state index contributed by atoms with van der Waals surface area (Å²) in [4.78, 5) is 21.0. The second-order valence-electron chi connectivity index (χ2n) is 13.3. The number of carbonyl (C=O) groups is 1. The molecule has 42 heavy (non-hydrogen) atoms. The van der Waals surface area contributed by atoms with E-state index in [2.05, 4.69) is 65.0 Å². The average molecular weight is 562 g/mol. The summed E-state index contributed by atoms with van der Waals surface area (Å²) in [6.45, 7) is 9.62. The maximum absolute atomic E-state index is 12.4. The number of ketones is 1. The van der Waals surface area contributed by atoms with Gasteiger partial charge in [-0.3, -0.25) is 9.69 Å². The molecule has 2 aliphatic heterocycles. The van der Waals surface area contributed by atoms with Gasteiger partial charge < -0.3 is 14.6 Å². The van der Waals surface area contributed by atoms with E-state index >= 15 is 0 Å². The van der Waals surface area contributed by atoms with E-state index in [-0.39, 0.29) is 5.78 Å². The number of hydrogen-bond donors (Lipinski definition) is 1. The van der Waals surface area contributed by atoms with E-state index < -0.39 is 0 Å². The number of aromatic amines is 1. The van der Waals surface area contributed by atoms with Crippen LogP contribution in [0.4, 0.5) is 5.69 Å². The molecule has 218 valence electrons. The Morgan fingerprint density at radius 1 is 0.976 bits per heavy atom. The van der Waals surface area contributed by atoms with Crippen molar-refractivity contribution >= 4 is 22.4 Å². The summed E-state index contributed by atoms with van der Waals surface area (Å²) in [6.07, 6.45) is 9.67. The number of nitrogens with zero attached hydrogens (tertiary/aromatic N) is 2. The summed E-state index contributed by atoms with van der Waals surface area (Å²) in [5.41, 5.74) is 6.43. The lowest BCUT2D eigenvalue weighted by molar-refractivity contribution is -0.0227. The molecule has 3 heterocycles. The molecule has 5 heteroatoms. The molecular formula is C37H43N3O2. The Morgan fingerprint density at radius 3 is 2.57 bits per heavy atom. The number of rotatable bonds is 7. The lowest BCUT2D eigenvalue weighted by Gasteiger charge is -2.56. The molecule has 0 bridgehead atoms. The number of H-pyrrole nitrogens is 1. The van der Waals surface area contributed by atoms with E-state index in [9.17, 15) is 4.79 Å². The van der Waals surface area contributed by atoms with E-state index in [1.54, 1.807) is 12.5 Å². The standard InChI is InChI=1S/C37H43N3O2/c1-25(2)31-7-4-5-8-33(31)35-9-6-18-40(35)29-23-37(24-29)15-19-39(20-16-37)28-10-12-32(26(3)41)36(22-28)42-30-11-13-34-27(21-30)14-17-38-34/h4-5,7-8,10-14,17,21-22,25,29,35,38H,6,9,15-16,18-20,23-24H2,1-3H3/t35-/m0/s1. The molecule has 5 nitrogen and oxygen atoms in total. The number of aromatic nitrogens is 1. The first-order chi connectivity index (χ1) is 20.4. The van der Waals surface area contributed by atoms with Gasteiger partial charge in [0.1, 0.15) is 11.5 Å². The van der Waals surface area contributed by atoms with Crippen LogP contribution in [0.5, 0.6) is 11.5 Å². The number of hydrogen-bond acceptors (Lipinski definition) is 4. The molecule has 0 radical (unpaired) electrons. The quantitative estimate of drug-likeness (QED) is 0.229. The van der Waals surface area contributed by atoms with Crippen LogP contribution < -0.4 is 9.64 Å². The highest BCUT2D eigenvalue weighted by Crippen LogP contribution is 2.54. The van der Waals surface area contributed by atoms with Crippen molar-refractivity contribution < 1.29 is 9.53 Å². The normalized spacial score (nSPS) is 20.9. The lowest BCUT2D eigenvalue weighted by Crippen LogP contribution is -2.54. The van der Waals surface area contributed by atoms with Gasteiger partial charge in [0.25, 0.3) is 0 Å². The number of piperidine rings is 1. The average Bonchev–Trinajstić information content (AvgIpc) is 3.65. The number of likely N-dealkylation sites (tertiary alicyclic amines) is 1. The second kappa shape index (κ2) is 10.9. The van der Waals surface area contributed by atoms with Gasteiger partial charge in [-0.15, -0.1) is 0 Å². The molecule has 4 aromatic rings. The molecule has 1 N–H and O–H groups in total. The van der Waals surface area contributed by atoms with E-state index in [1.165, 1.54) is 50.6 Å². The van der Waals surface area contributed by atoms with Gasteiger partial charge in [-0.25, -0.2) is 0 Å². The van der Waals surface area contributed by atoms with Crippen molar-refractivity contribution in [3.05, 3.63) is 89.6 Å². The first kappa shape index (κ1) is 27.3. The van der Waals surface area contributed by atoms with Crippen molar-refractivity contribution in [1.29, 1.82) is 0 Å². The van der Waals surface area contributed by atoms with Gasteiger partial charge in [-0.2, -0.15) is 0 Å². The van der Waals surface area contributed by atoms with Gasteiger partial charge in [0.2, 0.25) is 0 Å². The number of carbonyl (C=O) groups excluding carboxylic acids is 1. The topological polar surface area (TPSA) is 48.6 Å². The fourth-order valence-electron chi connectivity index (χ4n) is 8.03. The van der Waals surface area contributed by atoms with Crippen molar-refractivity contribution in [3.63, 3.8) is 0 Å². The summed E-state index contributed by atoms with van der Waals surface area (Å²) in [5, 5.41) is 1.09. The van der Waals surface area contributed by atoms with E-state index in [0.717, 1.165) is 41.5 Å². The van der Waals surface area contributed by atoms with Gasteiger partial charge >= 0.3 is 0 Å². The number of anilines is 1. The van der Waals surface area contributed by atoms with Crippen molar-refractivity contribution in [1.82, 2.24) is 9.88 Å². The highest BCUT2D eigenvalue weighted by molar-refractivity contribution is 5.97. The van der Waals surface area contributed by atoms with Gasteiger partial charge in [0, 0.05) is 54.0 Å². The molecule has 3 aliphatic rings. The predicted octanol–water partition coefficient (Wildman–Crippen LogP) is 8.87. The maximum atomic E-state index is 12.4. The van der Waals surface area contributed by atoms with E-state index in [1.807, 2.05) is 36.5 Å². The Balaban J connectivity index is 1.02. The zero-order valence-corrected chi connectivity index (χ0v) is 25.2. The number of Topliss-reactive ketones (excluding diaryl/α,β-unsaturated/α-hetero) is 1. The summed E-state index contributed by atoms with van der Waals surface area (Å²) in [7, 11) is 0. The highest BCUT2D eigenvalue weighted by Gasteiger charge is 2.50. The second-order valence-corrected chi connectivity index (χ2v) is 13.3. The molecule has 0 unspecified atom stereocenters. The van der Waals surface area contributed by atoms with Crippen molar-refractivity contribution in [2.75, 3.05) is 24.5 Å². The smallest absolute Gasteiger partial charge is 0.163 e. The molecular weight excluding hydrogens is 518 g/mol. The maximum Gasteiger partial charge on any atom is 0.163 e. The zero-order chi connectivity index (χ0) is 28.8. The monoisotopic (exact) mass is 561 g/mol. The number of nitrogens with one attached hydrogen (secondary N) is 1. The Hall–Kier alpha value is -3.57. The highest BCUT2D eigenvalue weighted by atomic mass is 16.5. The van der Waals surface area contributed by atoms with Crippen LogP contribution in [-0.4, -0.2) is 41.3 Å². The summed E-state index contributed by atoms with van der Waals surface area (Å²) in [5.74, 6) is 1.98. The van der Waals surface area contributed by atoms with Gasteiger partial charge in [0.05, 0.1) is 5.56 Å².